The van der Waals surface area contributed by atoms with E-state index in [4.69, 9.17) is 4.74 Å². The van der Waals surface area contributed by atoms with Gasteiger partial charge in [0.2, 0.25) is 11.8 Å². The maximum atomic E-state index is 13.2. The van der Waals surface area contributed by atoms with Gasteiger partial charge in [0.15, 0.2) is 0 Å². The molecular formula is C20H29N3O3. The monoisotopic (exact) mass is 359 g/mol. The van der Waals surface area contributed by atoms with Crippen LogP contribution in [0.5, 0.6) is 0 Å². The standard InChI is InChI=1S/C20H29N3O3/c1-15-14-16-6-4-5-7-17(16)23(15)19(25)20(2,3)18(24)21-8-9-22-10-12-26-13-11-22/h4-7,15H,8-14H2,1-3H3,(H,21,24). The highest BCUT2D eigenvalue weighted by Crippen LogP contribution is 2.35. The number of carbonyl (C=O) groups is 2. The Balaban J connectivity index is 1.61. The first-order valence-electron chi connectivity index (χ1n) is 9.41. The van der Waals surface area contributed by atoms with Crippen molar-refractivity contribution in [2.45, 2.75) is 33.2 Å². The van der Waals surface area contributed by atoms with Crippen LogP contribution in [-0.4, -0.2) is 62.1 Å². The van der Waals surface area contributed by atoms with E-state index in [0.717, 1.165) is 50.5 Å². The fourth-order valence-corrected chi connectivity index (χ4v) is 3.65. The van der Waals surface area contributed by atoms with Gasteiger partial charge in [0.05, 0.1) is 13.2 Å². The van der Waals surface area contributed by atoms with E-state index in [9.17, 15) is 9.59 Å². The van der Waals surface area contributed by atoms with Crippen LogP contribution in [0, 0.1) is 5.41 Å². The van der Waals surface area contributed by atoms with Crippen LogP contribution >= 0.6 is 0 Å². The zero-order valence-corrected chi connectivity index (χ0v) is 16.0. The van der Waals surface area contributed by atoms with Crippen molar-refractivity contribution in [1.82, 2.24) is 10.2 Å². The highest BCUT2D eigenvalue weighted by atomic mass is 16.5. The summed E-state index contributed by atoms with van der Waals surface area (Å²) in [5.41, 5.74) is 0.993. The quantitative estimate of drug-likeness (QED) is 0.808. The van der Waals surface area contributed by atoms with Crippen molar-refractivity contribution in [3.05, 3.63) is 29.8 Å². The van der Waals surface area contributed by atoms with Crippen LogP contribution in [0.3, 0.4) is 0 Å². The summed E-state index contributed by atoms with van der Waals surface area (Å²) < 4.78 is 5.33. The lowest BCUT2D eigenvalue weighted by atomic mass is 9.89. The molecule has 0 spiro atoms. The summed E-state index contributed by atoms with van der Waals surface area (Å²) in [6.45, 7) is 10.0. The van der Waals surface area contributed by atoms with Gasteiger partial charge in [0, 0.05) is 37.9 Å². The second kappa shape index (κ2) is 7.76. The van der Waals surface area contributed by atoms with Crippen LogP contribution in [0.2, 0.25) is 0 Å². The molecule has 2 heterocycles. The second-order valence-corrected chi connectivity index (χ2v) is 7.69. The Morgan fingerprint density at radius 2 is 1.92 bits per heavy atom. The summed E-state index contributed by atoms with van der Waals surface area (Å²) in [6, 6.07) is 8.01. The van der Waals surface area contributed by atoms with Gasteiger partial charge in [-0.05, 0) is 38.8 Å². The number of para-hydroxylation sites is 1. The van der Waals surface area contributed by atoms with E-state index in [1.165, 1.54) is 0 Å². The number of nitrogens with zero attached hydrogens (tertiary/aromatic N) is 2. The number of rotatable bonds is 5. The minimum atomic E-state index is -1.10. The maximum absolute atomic E-state index is 13.2. The van der Waals surface area contributed by atoms with Gasteiger partial charge in [-0.2, -0.15) is 0 Å². The van der Waals surface area contributed by atoms with Gasteiger partial charge in [0.1, 0.15) is 5.41 Å². The smallest absolute Gasteiger partial charge is 0.242 e. The number of hydrogen-bond donors (Lipinski definition) is 1. The van der Waals surface area contributed by atoms with Gasteiger partial charge < -0.3 is 15.0 Å². The Morgan fingerprint density at radius 1 is 1.23 bits per heavy atom. The molecule has 0 aliphatic carbocycles. The minimum absolute atomic E-state index is 0.0697. The van der Waals surface area contributed by atoms with Crippen molar-refractivity contribution in [3.63, 3.8) is 0 Å². The van der Waals surface area contributed by atoms with E-state index in [1.807, 2.05) is 25.1 Å². The lowest BCUT2D eigenvalue weighted by Gasteiger charge is -2.32. The third-order valence-corrected chi connectivity index (χ3v) is 5.35. The van der Waals surface area contributed by atoms with Crippen molar-refractivity contribution in [3.8, 4) is 0 Å². The summed E-state index contributed by atoms with van der Waals surface area (Å²) in [4.78, 5) is 30.0. The number of anilines is 1. The lowest BCUT2D eigenvalue weighted by Crippen LogP contribution is -2.52. The van der Waals surface area contributed by atoms with Gasteiger partial charge in [0.25, 0.3) is 0 Å². The molecule has 2 aliphatic heterocycles. The maximum Gasteiger partial charge on any atom is 0.242 e. The zero-order chi connectivity index (χ0) is 18.7. The topological polar surface area (TPSA) is 61.9 Å². The molecule has 1 unspecified atom stereocenters. The van der Waals surface area contributed by atoms with Crippen LogP contribution in [0.25, 0.3) is 0 Å². The Bertz CT molecular complexity index is 668. The molecule has 6 heteroatoms. The van der Waals surface area contributed by atoms with E-state index in [1.54, 1.807) is 18.7 Å². The molecule has 142 valence electrons. The predicted octanol–water partition coefficient (Wildman–Crippen LogP) is 1.44. The van der Waals surface area contributed by atoms with Crippen molar-refractivity contribution >= 4 is 17.5 Å². The lowest BCUT2D eigenvalue weighted by molar-refractivity contribution is -0.140. The normalized spacial score (nSPS) is 20.7. The Hall–Kier alpha value is -1.92. The molecule has 1 aromatic carbocycles. The van der Waals surface area contributed by atoms with Crippen molar-refractivity contribution in [1.29, 1.82) is 0 Å². The molecule has 2 amide bonds. The first-order valence-corrected chi connectivity index (χ1v) is 9.41. The summed E-state index contributed by atoms with van der Waals surface area (Å²) in [5, 5.41) is 2.94. The second-order valence-electron chi connectivity index (χ2n) is 7.69. The van der Waals surface area contributed by atoms with Crippen molar-refractivity contribution < 1.29 is 14.3 Å². The van der Waals surface area contributed by atoms with Crippen LogP contribution < -0.4 is 10.2 Å². The van der Waals surface area contributed by atoms with Gasteiger partial charge in [-0.25, -0.2) is 0 Å². The number of ether oxygens (including phenoxy) is 1. The third-order valence-electron chi connectivity index (χ3n) is 5.35. The molecule has 1 atom stereocenters. The molecule has 2 aliphatic rings. The molecule has 0 radical (unpaired) electrons. The molecule has 1 aromatic rings. The fraction of sp³-hybridized carbons (Fsp3) is 0.600. The number of benzene rings is 1. The minimum Gasteiger partial charge on any atom is -0.379 e. The molecule has 3 rings (SSSR count). The molecular weight excluding hydrogens is 330 g/mol. The number of fused-ring (bicyclic) bond motifs is 1. The highest BCUT2D eigenvalue weighted by molar-refractivity contribution is 6.12. The van der Waals surface area contributed by atoms with Gasteiger partial charge in [-0.3, -0.25) is 14.5 Å². The van der Waals surface area contributed by atoms with Crippen molar-refractivity contribution in [2.24, 2.45) is 5.41 Å². The molecule has 0 bridgehead atoms. The van der Waals surface area contributed by atoms with Crippen LogP contribution in [0.15, 0.2) is 24.3 Å². The molecule has 0 aromatic heterocycles. The molecule has 0 saturated carbocycles. The summed E-state index contributed by atoms with van der Waals surface area (Å²) in [6.07, 6.45) is 0.830. The number of amides is 2. The first-order chi connectivity index (χ1) is 12.4. The van der Waals surface area contributed by atoms with Gasteiger partial charge in [-0.15, -0.1) is 0 Å². The molecule has 6 nitrogen and oxygen atoms in total. The van der Waals surface area contributed by atoms with Crippen LogP contribution in [0.4, 0.5) is 5.69 Å². The summed E-state index contributed by atoms with van der Waals surface area (Å²) >= 11 is 0. The number of nitrogens with one attached hydrogen (secondary N) is 1. The Kier molecular flexibility index (Phi) is 5.63. The van der Waals surface area contributed by atoms with E-state index in [2.05, 4.69) is 16.3 Å². The number of carbonyl (C=O) groups excluding carboxylic acids is 2. The molecule has 1 fully saturated rings. The van der Waals surface area contributed by atoms with E-state index < -0.39 is 5.41 Å². The third kappa shape index (κ3) is 3.76. The SMILES string of the molecule is CC1Cc2ccccc2N1C(=O)C(C)(C)C(=O)NCCN1CCOCC1. The average Bonchev–Trinajstić information content (AvgIpc) is 2.97. The highest BCUT2D eigenvalue weighted by Gasteiger charge is 2.43. The van der Waals surface area contributed by atoms with E-state index >= 15 is 0 Å². The predicted molar refractivity (Wildman–Crippen MR) is 101 cm³/mol. The molecule has 1 N–H and O–H groups in total. The van der Waals surface area contributed by atoms with Crippen LogP contribution in [-0.2, 0) is 20.7 Å². The summed E-state index contributed by atoms with van der Waals surface area (Å²) in [5.74, 6) is -0.355. The zero-order valence-electron chi connectivity index (χ0n) is 16.0. The first kappa shape index (κ1) is 18.9. The summed E-state index contributed by atoms with van der Waals surface area (Å²) in [7, 11) is 0. The van der Waals surface area contributed by atoms with Crippen molar-refractivity contribution in [2.75, 3.05) is 44.3 Å². The fourth-order valence-electron chi connectivity index (χ4n) is 3.65. The largest absolute Gasteiger partial charge is 0.379 e. The molecule has 1 saturated heterocycles. The Morgan fingerprint density at radius 3 is 2.65 bits per heavy atom. The Labute approximate surface area is 155 Å². The van der Waals surface area contributed by atoms with Gasteiger partial charge >= 0.3 is 0 Å². The van der Waals surface area contributed by atoms with E-state index in [-0.39, 0.29) is 17.9 Å². The molecule has 26 heavy (non-hydrogen) atoms. The average molecular weight is 359 g/mol. The number of hydrogen-bond acceptors (Lipinski definition) is 4. The van der Waals surface area contributed by atoms with Gasteiger partial charge in [-0.1, -0.05) is 18.2 Å². The van der Waals surface area contributed by atoms with Crippen LogP contribution in [0.1, 0.15) is 26.3 Å². The number of morpholine rings is 1. The van der Waals surface area contributed by atoms with E-state index in [0.29, 0.717) is 6.54 Å².